The first-order valence-electron chi connectivity index (χ1n) is 7.51. The van der Waals surface area contributed by atoms with E-state index in [0.29, 0.717) is 12.2 Å². The lowest BCUT2D eigenvalue weighted by Crippen LogP contribution is -2.55. The molecule has 122 valence electrons. The van der Waals surface area contributed by atoms with E-state index in [1.807, 2.05) is 26.0 Å². The number of benzene rings is 1. The van der Waals surface area contributed by atoms with Crippen molar-refractivity contribution < 1.29 is 19.1 Å². The Morgan fingerprint density at radius 3 is 2.83 bits per heavy atom. The van der Waals surface area contributed by atoms with E-state index < -0.39 is 11.5 Å². The molecule has 2 heterocycles. The van der Waals surface area contributed by atoms with Gasteiger partial charge in [-0.25, -0.2) is 4.79 Å². The summed E-state index contributed by atoms with van der Waals surface area (Å²) in [4.78, 5) is 23.9. The Labute approximate surface area is 138 Å². The van der Waals surface area contributed by atoms with E-state index >= 15 is 0 Å². The Balaban J connectivity index is 1.81. The number of furan rings is 1. The molecule has 23 heavy (non-hydrogen) atoms. The monoisotopic (exact) mass is 333 g/mol. The average molecular weight is 333 g/mol. The first-order valence-corrected chi connectivity index (χ1v) is 8.67. The van der Waals surface area contributed by atoms with Crippen LogP contribution in [0.5, 0.6) is 0 Å². The van der Waals surface area contributed by atoms with Gasteiger partial charge in [-0.2, -0.15) is 11.8 Å². The summed E-state index contributed by atoms with van der Waals surface area (Å²) < 4.78 is 5.60. The number of carboxylic acid groups (broad SMARTS) is 1. The summed E-state index contributed by atoms with van der Waals surface area (Å²) in [5.41, 5.74) is 2.64. The zero-order chi connectivity index (χ0) is 16.6. The van der Waals surface area contributed by atoms with Gasteiger partial charge < -0.3 is 14.8 Å². The fourth-order valence-corrected chi connectivity index (χ4v) is 4.22. The van der Waals surface area contributed by atoms with Crippen molar-refractivity contribution in [1.82, 2.24) is 5.32 Å². The number of aliphatic carboxylic acids is 1. The van der Waals surface area contributed by atoms with E-state index in [4.69, 9.17) is 4.42 Å². The van der Waals surface area contributed by atoms with Gasteiger partial charge in [0.15, 0.2) is 0 Å². The molecule has 3 rings (SSSR count). The molecule has 1 aliphatic rings. The van der Waals surface area contributed by atoms with E-state index in [1.165, 1.54) is 0 Å². The lowest BCUT2D eigenvalue weighted by molar-refractivity contribution is -0.146. The van der Waals surface area contributed by atoms with E-state index in [2.05, 4.69) is 5.32 Å². The van der Waals surface area contributed by atoms with Crippen LogP contribution >= 0.6 is 11.8 Å². The molecule has 0 spiro atoms. The maximum absolute atomic E-state index is 12.3. The van der Waals surface area contributed by atoms with Gasteiger partial charge in [0.1, 0.15) is 11.1 Å². The maximum atomic E-state index is 12.3. The molecule has 1 unspecified atom stereocenters. The van der Waals surface area contributed by atoms with Crippen molar-refractivity contribution in [3.8, 4) is 0 Å². The van der Waals surface area contributed by atoms with Crippen molar-refractivity contribution in [1.29, 1.82) is 0 Å². The van der Waals surface area contributed by atoms with Crippen molar-refractivity contribution in [3.63, 3.8) is 0 Å². The number of nitrogens with one attached hydrogen (secondary N) is 1. The highest BCUT2D eigenvalue weighted by molar-refractivity contribution is 7.99. The van der Waals surface area contributed by atoms with E-state index in [-0.39, 0.29) is 12.3 Å². The Hall–Kier alpha value is -1.95. The zero-order valence-electron chi connectivity index (χ0n) is 13.1. The van der Waals surface area contributed by atoms with Crippen LogP contribution < -0.4 is 5.32 Å². The second-order valence-electron chi connectivity index (χ2n) is 6.06. The van der Waals surface area contributed by atoms with Gasteiger partial charge in [-0.15, -0.1) is 0 Å². The third kappa shape index (κ3) is 2.83. The van der Waals surface area contributed by atoms with Gasteiger partial charge in [-0.05, 0) is 37.1 Å². The van der Waals surface area contributed by atoms with Crippen molar-refractivity contribution in [2.75, 3.05) is 11.5 Å². The lowest BCUT2D eigenvalue weighted by Gasteiger charge is -2.24. The van der Waals surface area contributed by atoms with E-state index in [1.54, 1.807) is 18.0 Å². The molecule has 2 N–H and O–H groups in total. The summed E-state index contributed by atoms with van der Waals surface area (Å²) in [6, 6.07) is 3.95. The Kier molecular flexibility index (Phi) is 4.10. The lowest BCUT2D eigenvalue weighted by atomic mass is 9.98. The number of hydrogen-bond donors (Lipinski definition) is 2. The highest BCUT2D eigenvalue weighted by atomic mass is 32.2. The van der Waals surface area contributed by atoms with Crippen LogP contribution in [0.3, 0.4) is 0 Å². The molecule has 1 saturated heterocycles. The standard InChI is InChI=1S/C17H19NO4S/c1-10-3-4-13-12(8-22-15(13)11(10)2)7-14(19)18-17(16(20)21)5-6-23-9-17/h3-4,8H,5-7,9H2,1-2H3,(H,18,19)(H,20,21). The highest BCUT2D eigenvalue weighted by Crippen LogP contribution is 2.29. The van der Waals surface area contributed by atoms with E-state index in [9.17, 15) is 14.7 Å². The molecule has 0 saturated carbocycles. The molecule has 1 aromatic carbocycles. The predicted octanol–water partition coefficient (Wildman–Crippen LogP) is 2.67. The second kappa shape index (κ2) is 5.92. The smallest absolute Gasteiger partial charge is 0.330 e. The molecule has 1 amide bonds. The minimum atomic E-state index is -1.13. The van der Waals surface area contributed by atoms with Gasteiger partial charge in [-0.3, -0.25) is 4.79 Å². The topological polar surface area (TPSA) is 79.5 Å². The number of carbonyl (C=O) groups is 2. The first kappa shape index (κ1) is 15.9. The van der Waals surface area contributed by atoms with Gasteiger partial charge in [0, 0.05) is 16.7 Å². The molecule has 2 aromatic rings. The minimum Gasteiger partial charge on any atom is -0.479 e. The summed E-state index contributed by atoms with van der Waals surface area (Å²) in [5, 5.41) is 13.1. The summed E-state index contributed by atoms with van der Waals surface area (Å²) in [5.74, 6) is -0.0757. The normalized spacial score (nSPS) is 20.8. The number of amides is 1. The van der Waals surface area contributed by atoms with Crippen LogP contribution in [0.25, 0.3) is 11.0 Å². The van der Waals surface area contributed by atoms with Gasteiger partial charge in [0.2, 0.25) is 5.91 Å². The van der Waals surface area contributed by atoms with Gasteiger partial charge in [-0.1, -0.05) is 12.1 Å². The van der Waals surface area contributed by atoms with Crippen LogP contribution in [-0.2, 0) is 16.0 Å². The van der Waals surface area contributed by atoms with Crippen molar-refractivity contribution in [2.24, 2.45) is 0 Å². The first-order chi connectivity index (χ1) is 10.9. The van der Waals surface area contributed by atoms with Crippen LogP contribution in [0.15, 0.2) is 22.8 Å². The number of thioether (sulfide) groups is 1. The number of aryl methyl sites for hydroxylation is 2. The van der Waals surface area contributed by atoms with Crippen LogP contribution in [0.1, 0.15) is 23.1 Å². The fourth-order valence-electron chi connectivity index (χ4n) is 2.90. The van der Waals surface area contributed by atoms with E-state index in [0.717, 1.165) is 33.4 Å². The molecule has 1 aromatic heterocycles. The zero-order valence-corrected chi connectivity index (χ0v) is 14.0. The summed E-state index contributed by atoms with van der Waals surface area (Å²) in [6.07, 6.45) is 2.17. The van der Waals surface area contributed by atoms with Crippen molar-refractivity contribution in [3.05, 3.63) is 35.1 Å². The fraction of sp³-hybridized carbons (Fsp3) is 0.412. The molecule has 1 fully saturated rings. The molecular weight excluding hydrogens is 314 g/mol. The molecule has 5 nitrogen and oxygen atoms in total. The highest BCUT2D eigenvalue weighted by Gasteiger charge is 2.43. The third-order valence-corrected chi connectivity index (χ3v) is 5.69. The number of carbonyl (C=O) groups excluding carboxylic acids is 1. The molecule has 0 bridgehead atoms. The van der Waals surface area contributed by atoms with Crippen LogP contribution in [0, 0.1) is 13.8 Å². The largest absolute Gasteiger partial charge is 0.479 e. The molecule has 1 atom stereocenters. The molecule has 1 aliphatic heterocycles. The number of fused-ring (bicyclic) bond motifs is 1. The molecule has 6 heteroatoms. The summed E-state index contributed by atoms with van der Waals surface area (Å²) >= 11 is 1.55. The van der Waals surface area contributed by atoms with Crippen molar-refractivity contribution >= 4 is 34.6 Å². The van der Waals surface area contributed by atoms with Crippen LogP contribution in [0.4, 0.5) is 0 Å². The average Bonchev–Trinajstić information content (AvgIpc) is 3.11. The second-order valence-corrected chi connectivity index (χ2v) is 7.17. The molecule has 0 aliphatic carbocycles. The molecular formula is C17H19NO4S. The predicted molar refractivity (Wildman–Crippen MR) is 89.8 cm³/mol. The van der Waals surface area contributed by atoms with Gasteiger partial charge >= 0.3 is 5.97 Å². The minimum absolute atomic E-state index is 0.120. The maximum Gasteiger partial charge on any atom is 0.330 e. The van der Waals surface area contributed by atoms with Gasteiger partial charge in [0.05, 0.1) is 12.7 Å². The van der Waals surface area contributed by atoms with Gasteiger partial charge in [0.25, 0.3) is 0 Å². The summed E-state index contributed by atoms with van der Waals surface area (Å²) in [6.45, 7) is 4.00. The Morgan fingerprint density at radius 1 is 1.39 bits per heavy atom. The quantitative estimate of drug-likeness (QED) is 0.899. The van der Waals surface area contributed by atoms with Crippen LogP contribution in [0.2, 0.25) is 0 Å². The Morgan fingerprint density at radius 2 is 2.17 bits per heavy atom. The van der Waals surface area contributed by atoms with Crippen LogP contribution in [-0.4, -0.2) is 34.0 Å². The van der Waals surface area contributed by atoms with Crippen molar-refractivity contribution in [2.45, 2.75) is 32.2 Å². The third-order valence-electron chi connectivity index (χ3n) is 4.50. The SMILES string of the molecule is Cc1ccc2c(CC(=O)NC3(C(=O)O)CCSC3)coc2c1C. The number of rotatable bonds is 4. The Bertz CT molecular complexity index is 774. The molecule has 0 radical (unpaired) electrons. The summed E-state index contributed by atoms with van der Waals surface area (Å²) in [7, 11) is 0. The number of carboxylic acids is 1. The number of hydrogen-bond acceptors (Lipinski definition) is 4.